The molecule has 1 aliphatic rings. The van der Waals surface area contributed by atoms with Crippen molar-refractivity contribution in [2.75, 3.05) is 19.7 Å². The number of aliphatic hydroxyl groups is 4. The number of nitrogens with one attached hydrogen (secondary N) is 11. The smallest absolute Gasteiger partial charge is 0.408 e. The van der Waals surface area contributed by atoms with Gasteiger partial charge in [-0.25, -0.2) is 9.59 Å². The SMILES string of the molecule is CC[C@H](C)[C@@H]1NC(=O)[C@@H](CCCN=C(N)N)NC(=O)C(CC(C)C)NC(=O)[C@H]([C@H](O)C(C)C)NC(=O)C(NC(=O)[C@H](CC(C)C)NC(=O)[C@@H](CC(C)C)NC(=O)OCc2ccccc2)C(c2ccccc2)OC(=O)C(CO)NC(=O)C([C@H](O)C(N)=O)NC(=O)CNC(=O)C([C@H](C)O)NC1=O. The van der Waals surface area contributed by atoms with Crippen molar-refractivity contribution in [3.8, 4) is 0 Å². The van der Waals surface area contributed by atoms with Gasteiger partial charge in [-0.1, -0.05) is 136 Å². The Morgan fingerprint density at radius 1 is 0.610 bits per heavy atom. The van der Waals surface area contributed by atoms with Crippen molar-refractivity contribution in [2.24, 2.45) is 51.8 Å². The number of rotatable bonds is 26. The van der Waals surface area contributed by atoms with Crippen LogP contribution in [-0.2, 0) is 73.6 Å². The van der Waals surface area contributed by atoms with E-state index in [1.807, 2.05) is 10.6 Å². The quantitative estimate of drug-likeness (QED) is 0.0188. The third kappa shape index (κ3) is 28.0. The van der Waals surface area contributed by atoms with Crippen molar-refractivity contribution in [3.05, 3.63) is 71.8 Å². The summed E-state index contributed by atoms with van der Waals surface area (Å²) >= 11 is 0. The maximum absolute atomic E-state index is 15.6. The zero-order valence-electron chi connectivity index (χ0n) is 58.4. The van der Waals surface area contributed by atoms with Gasteiger partial charge in [-0.2, -0.15) is 0 Å². The summed E-state index contributed by atoms with van der Waals surface area (Å²) in [7, 11) is 0. The topological polar surface area (TPSA) is 544 Å². The van der Waals surface area contributed by atoms with E-state index in [0.717, 1.165) is 6.92 Å². The molecule has 0 aromatic heterocycles. The first-order valence-electron chi connectivity index (χ1n) is 33.2. The first-order chi connectivity index (χ1) is 47.0. The molecule has 556 valence electrons. The van der Waals surface area contributed by atoms with Crippen LogP contribution in [0.4, 0.5) is 4.79 Å². The third-order valence-electron chi connectivity index (χ3n) is 15.9. The molecule has 0 spiro atoms. The summed E-state index contributed by atoms with van der Waals surface area (Å²) in [4.78, 5) is 190. The molecule has 34 nitrogen and oxygen atoms in total. The van der Waals surface area contributed by atoms with Crippen LogP contribution in [0.2, 0.25) is 0 Å². The molecule has 100 heavy (non-hydrogen) atoms. The fourth-order valence-electron chi connectivity index (χ4n) is 10.2. The van der Waals surface area contributed by atoms with Gasteiger partial charge in [-0.15, -0.1) is 0 Å². The Hall–Kier alpha value is -9.54. The summed E-state index contributed by atoms with van der Waals surface area (Å²) in [6.07, 6.45) is -9.53. The van der Waals surface area contributed by atoms with Gasteiger partial charge in [-0.05, 0) is 79.7 Å². The molecule has 12 amide bonds. The fraction of sp³-hybridized carbons (Fsp3) is 0.606. The summed E-state index contributed by atoms with van der Waals surface area (Å²) < 4.78 is 11.4. The molecule has 2 aromatic rings. The predicted octanol–water partition coefficient (Wildman–Crippen LogP) is -3.47. The second kappa shape index (κ2) is 41.8. The number of carbonyl (C=O) groups excluding carboxylic acids is 13. The van der Waals surface area contributed by atoms with Crippen LogP contribution in [0, 0.1) is 29.6 Å². The number of carbonyl (C=O) groups is 13. The molecule has 0 radical (unpaired) electrons. The van der Waals surface area contributed by atoms with E-state index in [2.05, 4.69) is 52.8 Å². The molecule has 3 rings (SSSR count). The van der Waals surface area contributed by atoms with Crippen LogP contribution < -0.4 is 75.7 Å². The largest absolute Gasteiger partial charge is 0.453 e. The lowest BCUT2D eigenvalue weighted by Crippen LogP contribution is -2.64. The number of hydrogen-bond donors (Lipinski definition) is 18. The fourth-order valence-corrected chi connectivity index (χ4v) is 10.2. The minimum Gasteiger partial charge on any atom is -0.453 e. The van der Waals surface area contributed by atoms with Gasteiger partial charge in [0.1, 0.15) is 61.0 Å². The highest BCUT2D eigenvalue weighted by Gasteiger charge is 2.44. The van der Waals surface area contributed by atoms with E-state index < -0.39 is 199 Å². The zero-order valence-corrected chi connectivity index (χ0v) is 58.4. The van der Waals surface area contributed by atoms with Gasteiger partial charge in [0.25, 0.3) is 0 Å². The van der Waals surface area contributed by atoms with Gasteiger partial charge < -0.3 is 106 Å². The van der Waals surface area contributed by atoms with Crippen molar-refractivity contribution >= 4 is 83.0 Å². The number of esters is 1. The number of aliphatic hydroxyl groups excluding tert-OH is 4. The Balaban J connectivity index is 2.41. The molecule has 0 bridgehead atoms. The van der Waals surface area contributed by atoms with Gasteiger partial charge in [0.15, 0.2) is 24.2 Å². The van der Waals surface area contributed by atoms with Crippen molar-refractivity contribution in [3.63, 3.8) is 0 Å². The molecule has 1 heterocycles. The van der Waals surface area contributed by atoms with Crippen LogP contribution in [0.25, 0.3) is 0 Å². The first kappa shape index (κ1) is 84.7. The summed E-state index contributed by atoms with van der Waals surface area (Å²) in [6.45, 7) is 14.9. The van der Waals surface area contributed by atoms with Crippen LogP contribution >= 0.6 is 0 Å². The molecule has 1 saturated heterocycles. The molecular weight excluding hydrogens is 1310 g/mol. The summed E-state index contributed by atoms with van der Waals surface area (Å²) in [6, 6.07) is -2.82. The van der Waals surface area contributed by atoms with E-state index in [1.54, 1.807) is 85.7 Å². The number of primary amides is 1. The van der Waals surface area contributed by atoms with Gasteiger partial charge in [0.05, 0.1) is 25.4 Å². The number of benzene rings is 2. The lowest BCUT2D eigenvalue weighted by molar-refractivity contribution is -0.159. The van der Waals surface area contributed by atoms with E-state index in [1.165, 1.54) is 44.2 Å². The number of alkyl carbamates (subject to hydrolysis) is 1. The van der Waals surface area contributed by atoms with E-state index in [4.69, 9.17) is 26.7 Å². The number of ether oxygens (including phenoxy) is 2. The molecule has 1 fully saturated rings. The highest BCUT2D eigenvalue weighted by Crippen LogP contribution is 2.25. The van der Waals surface area contributed by atoms with Crippen molar-refractivity contribution < 1.29 is 92.2 Å². The van der Waals surface area contributed by atoms with Crippen molar-refractivity contribution in [2.45, 2.75) is 206 Å². The highest BCUT2D eigenvalue weighted by molar-refractivity contribution is 6.00. The van der Waals surface area contributed by atoms with E-state index >= 15 is 14.4 Å². The number of guanidine groups is 1. The lowest BCUT2D eigenvalue weighted by atomic mass is 9.95. The predicted molar refractivity (Wildman–Crippen MR) is 362 cm³/mol. The molecule has 0 aliphatic carbocycles. The number of nitrogens with two attached hydrogens (primary N) is 3. The Kier molecular flexibility index (Phi) is 35.4. The molecular formula is C66H103N15O19. The number of amides is 12. The maximum atomic E-state index is 15.6. The molecule has 0 saturated carbocycles. The van der Waals surface area contributed by atoms with Crippen LogP contribution in [-0.4, -0.2) is 202 Å². The molecule has 2 aromatic carbocycles. The second-order valence-corrected chi connectivity index (χ2v) is 26.2. The van der Waals surface area contributed by atoms with Gasteiger partial charge in [0, 0.05) is 6.54 Å². The molecule has 21 N–H and O–H groups in total. The normalized spacial score (nSPS) is 23.3. The highest BCUT2D eigenvalue weighted by atomic mass is 16.6. The summed E-state index contributed by atoms with van der Waals surface area (Å²) in [5.74, 6) is -18.0. The first-order valence-corrected chi connectivity index (χ1v) is 33.2. The minimum absolute atomic E-state index is 0.0246. The average Bonchev–Trinajstić information content (AvgIpc) is 0.813. The van der Waals surface area contributed by atoms with Gasteiger partial charge in [-0.3, -0.25) is 57.7 Å². The summed E-state index contributed by atoms with van der Waals surface area (Å²) in [5.41, 5.74) is 17.0. The minimum atomic E-state index is -2.60. The summed E-state index contributed by atoms with van der Waals surface area (Å²) in [5, 5.41) is 71.0. The molecule has 6 unspecified atom stereocenters. The second-order valence-electron chi connectivity index (χ2n) is 26.2. The number of cyclic esters (lactones) is 1. The number of aliphatic imine (C=N–C) groups is 1. The maximum Gasteiger partial charge on any atom is 0.408 e. The number of nitrogens with zero attached hydrogens (tertiary/aromatic N) is 1. The van der Waals surface area contributed by atoms with E-state index in [-0.39, 0.29) is 69.1 Å². The Morgan fingerprint density at radius 3 is 1.68 bits per heavy atom. The average molecular weight is 1410 g/mol. The molecule has 15 atom stereocenters. The Labute approximate surface area is 581 Å². The lowest BCUT2D eigenvalue weighted by Gasteiger charge is -2.34. The van der Waals surface area contributed by atoms with E-state index in [9.17, 15) is 68.4 Å². The molecule has 1 aliphatic heterocycles. The van der Waals surface area contributed by atoms with Crippen LogP contribution in [0.15, 0.2) is 65.7 Å². The van der Waals surface area contributed by atoms with Gasteiger partial charge in [0.2, 0.25) is 65.0 Å². The molecule has 34 heteroatoms. The standard InChI is InChI=1S/C66H103N15O19/c1-12-36(10)46-60(93)79-47(37(11)83)59(92)71-29-45(84)77-49(52(86)54(67)87)62(95)75-44(30-82)64(97)100-53(39-22-17-14-18-23-39)50(81-58(91)42(27-33(4)5)73-57(90)43(28-34(6)7)76-66(98)99-31-38-20-15-13-16-21-38)63(96)80-48(51(85)35(8)9)61(94)74-41(26-32(2)3)56(89)72-40(55(88)78-46)24-19-25-70-65(68)69/h13-18,20-23,32-37,40-44,46-53,82-83,85-86H,12,19,24-31H2,1-11H3,(H2,67,87)(H,71,92)(H,72,89)(H,73,90)(H,74,94)(H,75,95)(H,76,98)(H,77,84)(H,78,88)(H,79,93)(H,80,96)(H,81,91)(H4,68,69,70)/t36-,37-,40+,41?,42-,43+,44?,46-,47?,48-,49?,50?,51+,52-,53?/m0/s1. The Bertz CT molecular complexity index is 3120. The van der Waals surface area contributed by atoms with E-state index in [0.29, 0.717) is 5.56 Å². The van der Waals surface area contributed by atoms with Crippen molar-refractivity contribution in [1.82, 2.24) is 58.5 Å². The van der Waals surface area contributed by atoms with Gasteiger partial charge >= 0.3 is 12.1 Å². The van der Waals surface area contributed by atoms with Crippen molar-refractivity contribution in [1.29, 1.82) is 0 Å². The number of hydrogen-bond acceptors (Lipinski definition) is 20. The Morgan fingerprint density at radius 2 is 1.14 bits per heavy atom. The van der Waals surface area contributed by atoms with Crippen LogP contribution in [0.3, 0.4) is 0 Å². The van der Waals surface area contributed by atoms with Crippen LogP contribution in [0.5, 0.6) is 0 Å². The van der Waals surface area contributed by atoms with Crippen LogP contribution in [0.1, 0.15) is 132 Å². The monoisotopic (exact) mass is 1410 g/mol. The third-order valence-corrected chi connectivity index (χ3v) is 15.9. The zero-order chi connectivity index (χ0) is 75.2.